The Hall–Kier alpha value is -0.650. The molecule has 2 unspecified atom stereocenters. The van der Waals surface area contributed by atoms with E-state index in [1.807, 2.05) is 5.38 Å². The van der Waals surface area contributed by atoms with Crippen molar-refractivity contribution in [2.45, 2.75) is 32.4 Å². The molecule has 16 heavy (non-hydrogen) atoms. The second-order valence-corrected chi connectivity index (χ2v) is 4.90. The third-order valence-corrected chi connectivity index (χ3v) is 3.78. The molecule has 0 saturated carbocycles. The molecule has 1 aromatic rings. The van der Waals surface area contributed by atoms with E-state index in [2.05, 4.69) is 16.8 Å². The summed E-state index contributed by atoms with van der Waals surface area (Å²) < 4.78 is 5.46. The van der Waals surface area contributed by atoms with Crippen LogP contribution in [0.15, 0.2) is 5.38 Å². The third kappa shape index (κ3) is 2.36. The van der Waals surface area contributed by atoms with E-state index in [1.54, 1.807) is 18.3 Å². The van der Waals surface area contributed by atoms with Crippen LogP contribution in [0.5, 0.6) is 0 Å². The first-order chi connectivity index (χ1) is 7.72. The molecule has 0 aliphatic carbocycles. The number of morpholine rings is 1. The van der Waals surface area contributed by atoms with E-state index in [9.17, 15) is 5.11 Å². The first-order valence-electron chi connectivity index (χ1n) is 5.70. The Morgan fingerprint density at radius 3 is 3.19 bits per heavy atom. The zero-order chi connectivity index (χ0) is 11.5. The van der Waals surface area contributed by atoms with E-state index >= 15 is 0 Å². The van der Waals surface area contributed by atoms with Gasteiger partial charge in [0.1, 0.15) is 0 Å². The second-order valence-electron chi connectivity index (χ2n) is 4.06. The molecule has 1 aromatic heterocycles. The Bertz CT molecular complexity index is 340. The maximum atomic E-state index is 9.46. The van der Waals surface area contributed by atoms with Crippen LogP contribution in [0.1, 0.15) is 32.1 Å². The number of ether oxygens (including phenoxy) is 1. The Morgan fingerprint density at radius 2 is 2.56 bits per heavy atom. The molecule has 2 heterocycles. The summed E-state index contributed by atoms with van der Waals surface area (Å²) in [4.78, 5) is 6.76. The van der Waals surface area contributed by atoms with Crippen LogP contribution in [0.2, 0.25) is 0 Å². The predicted octanol–water partition coefficient (Wildman–Crippen LogP) is 1.81. The topological polar surface area (TPSA) is 45.6 Å². The summed E-state index contributed by atoms with van der Waals surface area (Å²) in [6.45, 7) is 6.34. The zero-order valence-electron chi connectivity index (χ0n) is 9.72. The molecular formula is C11H18N2O2S. The van der Waals surface area contributed by atoms with Gasteiger partial charge in [0.05, 0.1) is 31.1 Å². The number of rotatable bonds is 3. The van der Waals surface area contributed by atoms with E-state index in [0.29, 0.717) is 6.04 Å². The number of thiazole rings is 1. The van der Waals surface area contributed by atoms with E-state index in [0.717, 1.165) is 37.0 Å². The Morgan fingerprint density at radius 1 is 1.75 bits per heavy atom. The van der Waals surface area contributed by atoms with Gasteiger partial charge in [-0.3, -0.25) is 0 Å². The molecule has 1 saturated heterocycles. The molecule has 0 bridgehead atoms. The van der Waals surface area contributed by atoms with Crippen molar-refractivity contribution in [3.8, 4) is 0 Å². The summed E-state index contributed by atoms with van der Waals surface area (Å²) in [5.41, 5.74) is 0.765. The predicted molar refractivity (Wildman–Crippen MR) is 65.0 cm³/mol. The maximum absolute atomic E-state index is 9.46. The fourth-order valence-electron chi connectivity index (χ4n) is 1.84. The number of anilines is 1. The van der Waals surface area contributed by atoms with Gasteiger partial charge in [0.25, 0.3) is 0 Å². The van der Waals surface area contributed by atoms with Gasteiger partial charge in [0.15, 0.2) is 5.13 Å². The lowest BCUT2D eigenvalue weighted by atomic mass is 10.2. The van der Waals surface area contributed by atoms with Crippen molar-refractivity contribution in [3.63, 3.8) is 0 Å². The minimum absolute atomic E-state index is 0.418. The molecule has 0 amide bonds. The van der Waals surface area contributed by atoms with Gasteiger partial charge in [-0.25, -0.2) is 4.98 Å². The Kier molecular flexibility index (Phi) is 3.78. The largest absolute Gasteiger partial charge is 0.387 e. The van der Waals surface area contributed by atoms with Crippen LogP contribution >= 0.6 is 11.3 Å². The summed E-state index contributed by atoms with van der Waals surface area (Å²) in [6.07, 6.45) is 0.579. The van der Waals surface area contributed by atoms with Crippen LogP contribution in [0, 0.1) is 0 Å². The summed E-state index contributed by atoms with van der Waals surface area (Å²) in [6, 6.07) is 0.418. The fraction of sp³-hybridized carbons (Fsp3) is 0.727. The quantitative estimate of drug-likeness (QED) is 0.878. The molecule has 2 rings (SSSR count). The highest BCUT2D eigenvalue weighted by Gasteiger charge is 2.24. The number of aromatic nitrogens is 1. The minimum atomic E-state index is -0.480. The summed E-state index contributed by atoms with van der Waals surface area (Å²) in [5.74, 6) is 0. The lowest BCUT2D eigenvalue weighted by Crippen LogP contribution is -2.45. The fourth-order valence-corrected chi connectivity index (χ4v) is 2.85. The molecule has 5 heteroatoms. The van der Waals surface area contributed by atoms with Crippen LogP contribution in [0.4, 0.5) is 5.13 Å². The smallest absolute Gasteiger partial charge is 0.186 e. The lowest BCUT2D eigenvalue weighted by molar-refractivity contribution is 0.0929. The van der Waals surface area contributed by atoms with Gasteiger partial charge in [0, 0.05) is 11.9 Å². The van der Waals surface area contributed by atoms with Gasteiger partial charge in [-0.05, 0) is 13.3 Å². The van der Waals surface area contributed by atoms with Crippen molar-refractivity contribution in [2.75, 3.05) is 24.7 Å². The monoisotopic (exact) mass is 242 g/mol. The van der Waals surface area contributed by atoms with Crippen LogP contribution in [0.25, 0.3) is 0 Å². The van der Waals surface area contributed by atoms with Gasteiger partial charge in [0.2, 0.25) is 0 Å². The van der Waals surface area contributed by atoms with Crippen molar-refractivity contribution >= 4 is 16.5 Å². The van der Waals surface area contributed by atoms with E-state index in [4.69, 9.17) is 4.74 Å². The van der Waals surface area contributed by atoms with Gasteiger partial charge >= 0.3 is 0 Å². The van der Waals surface area contributed by atoms with Gasteiger partial charge < -0.3 is 14.7 Å². The number of aliphatic hydroxyl groups excluding tert-OH is 1. The van der Waals surface area contributed by atoms with E-state index in [-0.39, 0.29) is 0 Å². The number of hydrogen-bond donors (Lipinski definition) is 1. The lowest BCUT2D eigenvalue weighted by Gasteiger charge is -2.34. The number of nitrogens with zero attached hydrogens (tertiary/aromatic N) is 2. The van der Waals surface area contributed by atoms with Crippen LogP contribution in [-0.2, 0) is 4.74 Å². The van der Waals surface area contributed by atoms with Crippen LogP contribution < -0.4 is 4.90 Å². The zero-order valence-corrected chi connectivity index (χ0v) is 10.5. The van der Waals surface area contributed by atoms with Gasteiger partial charge in [-0.1, -0.05) is 6.92 Å². The van der Waals surface area contributed by atoms with Gasteiger partial charge in [-0.2, -0.15) is 0 Å². The molecule has 1 aliphatic rings. The Balaban J connectivity index is 2.14. The van der Waals surface area contributed by atoms with Crippen molar-refractivity contribution in [1.29, 1.82) is 0 Å². The number of hydrogen-bond acceptors (Lipinski definition) is 5. The van der Waals surface area contributed by atoms with Crippen molar-refractivity contribution in [2.24, 2.45) is 0 Å². The molecule has 0 aromatic carbocycles. The van der Waals surface area contributed by atoms with Crippen molar-refractivity contribution < 1.29 is 9.84 Å². The molecular weight excluding hydrogens is 224 g/mol. The normalized spacial score (nSPS) is 23.4. The molecule has 1 fully saturated rings. The molecule has 0 radical (unpaired) electrons. The first-order valence-corrected chi connectivity index (χ1v) is 6.58. The molecule has 2 atom stereocenters. The molecule has 0 spiro atoms. The number of aliphatic hydroxyl groups is 1. The molecule has 1 aliphatic heterocycles. The van der Waals surface area contributed by atoms with E-state index < -0.39 is 6.10 Å². The van der Waals surface area contributed by atoms with Crippen LogP contribution in [0.3, 0.4) is 0 Å². The summed E-state index contributed by atoms with van der Waals surface area (Å²) >= 11 is 1.60. The molecule has 90 valence electrons. The van der Waals surface area contributed by atoms with Crippen molar-refractivity contribution in [3.05, 3.63) is 11.1 Å². The summed E-state index contributed by atoms with van der Waals surface area (Å²) in [5, 5.41) is 12.4. The highest BCUT2D eigenvalue weighted by Crippen LogP contribution is 2.27. The maximum Gasteiger partial charge on any atom is 0.186 e. The average Bonchev–Trinajstić information content (AvgIpc) is 2.78. The minimum Gasteiger partial charge on any atom is -0.387 e. The SMILES string of the molecule is CCC1COCCN1c1nc(C(C)O)cs1. The van der Waals surface area contributed by atoms with Crippen LogP contribution in [-0.4, -0.2) is 35.9 Å². The third-order valence-electron chi connectivity index (χ3n) is 2.88. The van der Waals surface area contributed by atoms with Crippen molar-refractivity contribution in [1.82, 2.24) is 4.98 Å². The first kappa shape index (κ1) is 11.8. The average molecular weight is 242 g/mol. The highest BCUT2D eigenvalue weighted by atomic mass is 32.1. The standard InChI is InChI=1S/C11H18N2O2S/c1-3-9-6-15-5-4-13(9)11-12-10(7-16-11)8(2)14/h7-9,14H,3-6H2,1-2H3. The summed E-state index contributed by atoms with van der Waals surface area (Å²) in [7, 11) is 0. The highest BCUT2D eigenvalue weighted by molar-refractivity contribution is 7.13. The van der Waals surface area contributed by atoms with Gasteiger partial charge in [-0.15, -0.1) is 11.3 Å². The second kappa shape index (κ2) is 5.12. The molecule has 4 nitrogen and oxygen atoms in total. The van der Waals surface area contributed by atoms with E-state index in [1.165, 1.54) is 0 Å². The Labute approximate surface area is 99.9 Å². The molecule has 1 N–H and O–H groups in total.